The van der Waals surface area contributed by atoms with Crippen molar-refractivity contribution in [3.05, 3.63) is 46.8 Å². The van der Waals surface area contributed by atoms with E-state index >= 15 is 0 Å². The molecule has 0 aliphatic carbocycles. The fourth-order valence-corrected chi connectivity index (χ4v) is 3.66. The number of amides is 1. The summed E-state index contributed by atoms with van der Waals surface area (Å²) >= 11 is 0. The highest BCUT2D eigenvalue weighted by Gasteiger charge is 2.28. The number of aryl methyl sites for hydroxylation is 1. The molecule has 8 heteroatoms. The summed E-state index contributed by atoms with van der Waals surface area (Å²) in [5.41, 5.74) is 8.47. The third-order valence-electron chi connectivity index (χ3n) is 5.33. The molecule has 1 atom stereocenters. The number of hydrogen-bond donors (Lipinski definition) is 1. The molecular formula is C23H28N2O6. The van der Waals surface area contributed by atoms with Gasteiger partial charge in [0.25, 0.3) is 0 Å². The van der Waals surface area contributed by atoms with Crippen LogP contribution in [0, 0.1) is 25.7 Å². The van der Waals surface area contributed by atoms with Gasteiger partial charge in [0.2, 0.25) is 18.5 Å². The number of hydrogen-bond acceptors (Lipinski definition) is 6. The van der Waals surface area contributed by atoms with E-state index in [9.17, 15) is 14.4 Å². The van der Waals surface area contributed by atoms with Crippen molar-refractivity contribution in [1.82, 2.24) is 4.57 Å². The molecule has 0 bridgehead atoms. The van der Waals surface area contributed by atoms with Gasteiger partial charge >= 0.3 is 5.97 Å². The maximum Gasteiger partial charge on any atom is 0.318 e. The van der Waals surface area contributed by atoms with E-state index in [0.717, 1.165) is 17.0 Å². The van der Waals surface area contributed by atoms with Crippen LogP contribution in [0.25, 0.3) is 0 Å². The van der Waals surface area contributed by atoms with Gasteiger partial charge in [0.1, 0.15) is 5.92 Å². The van der Waals surface area contributed by atoms with Crippen LogP contribution in [-0.4, -0.2) is 35.6 Å². The van der Waals surface area contributed by atoms with Gasteiger partial charge < -0.3 is 24.5 Å². The second-order valence-corrected chi connectivity index (χ2v) is 8.17. The van der Waals surface area contributed by atoms with Gasteiger partial charge in [0, 0.05) is 23.5 Å². The van der Waals surface area contributed by atoms with E-state index in [1.807, 2.05) is 50.5 Å². The lowest BCUT2D eigenvalue weighted by atomic mass is 9.97. The number of esters is 1. The fraction of sp³-hybridized carbons (Fsp3) is 0.435. The van der Waals surface area contributed by atoms with Crippen LogP contribution in [0.3, 0.4) is 0 Å². The quantitative estimate of drug-likeness (QED) is 0.374. The Bertz CT molecular complexity index is 1010. The van der Waals surface area contributed by atoms with Crippen LogP contribution in [0.2, 0.25) is 0 Å². The standard InChI is InChI=1S/C23H28N2O6/c1-13(2)7-18(22(24)27)23(28)29-11-19(26)17-8-14(3)25(15(17)4)10-16-5-6-20-21(9-16)31-12-30-20/h5-6,8-9,13,18H,7,10-12H2,1-4H3,(H2,24,27). The minimum atomic E-state index is -1.05. The summed E-state index contributed by atoms with van der Waals surface area (Å²) in [6.45, 7) is 7.85. The first-order chi connectivity index (χ1) is 14.7. The van der Waals surface area contributed by atoms with Crippen molar-refractivity contribution >= 4 is 17.7 Å². The van der Waals surface area contributed by atoms with Crippen molar-refractivity contribution in [3.8, 4) is 11.5 Å². The molecular weight excluding hydrogens is 400 g/mol. The molecule has 31 heavy (non-hydrogen) atoms. The van der Waals surface area contributed by atoms with Crippen LogP contribution in [0.4, 0.5) is 0 Å². The predicted octanol–water partition coefficient (Wildman–Crippen LogP) is 2.76. The van der Waals surface area contributed by atoms with Crippen LogP contribution in [-0.2, 0) is 20.9 Å². The van der Waals surface area contributed by atoms with Gasteiger partial charge in [0.15, 0.2) is 18.1 Å². The molecule has 1 aromatic carbocycles. The Balaban J connectivity index is 1.68. The molecule has 0 radical (unpaired) electrons. The van der Waals surface area contributed by atoms with E-state index < -0.39 is 24.4 Å². The molecule has 0 spiro atoms. The Morgan fingerprint density at radius 3 is 2.52 bits per heavy atom. The number of nitrogens with two attached hydrogens (primary N) is 1. The number of aromatic nitrogens is 1. The number of fused-ring (bicyclic) bond motifs is 1. The van der Waals surface area contributed by atoms with Gasteiger partial charge in [-0.2, -0.15) is 0 Å². The first-order valence-corrected chi connectivity index (χ1v) is 10.2. The monoisotopic (exact) mass is 428 g/mol. The summed E-state index contributed by atoms with van der Waals surface area (Å²) in [7, 11) is 0. The van der Waals surface area contributed by atoms with Gasteiger partial charge in [-0.15, -0.1) is 0 Å². The maximum atomic E-state index is 12.7. The van der Waals surface area contributed by atoms with Crippen LogP contribution in [0.1, 0.15) is 47.6 Å². The Morgan fingerprint density at radius 1 is 1.13 bits per heavy atom. The van der Waals surface area contributed by atoms with Crippen molar-refractivity contribution in [2.24, 2.45) is 17.6 Å². The van der Waals surface area contributed by atoms with Crippen molar-refractivity contribution in [2.45, 2.75) is 40.7 Å². The largest absolute Gasteiger partial charge is 0.457 e. The number of ketones is 1. The Hall–Kier alpha value is -3.29. The van der Waals surface area contributed by atoms with E-state index in [4.69, 9.17) is 19.9 Å². The molecule has 2 aromatic rings. The van der Waals surface area contributed by atoms with Gasteiger partial charge in [-0.05, 0) is 49.9 Å². The lowest BCUT2D eigenvalue weighted by Gasteiger charge is -2.14. The minimum Gasteiger partial charge on any atom is -0.457 e. The van der Waals surface area contributed by atoms with Crippen LogP contribution >= 0.6 is 0 Å². The smallest absolute Gasteiger partial charge is 0.318 e. The summed E-state index contributed by atoms with van der Waals surface area (Å²) < 4.78 is 17.9. The maximum absolute atomic E-state index is 12.7. The van der Waals surface area contributed by atoms with E-state index in [1.54, 1.807) is 6.07 Å². The van der Waals surface area contributed by atoms with Gasteiger partial charge in [-0.1, -0.05) is 19.9 Å². The molecule has 166 valence electrons. The average molecular weight is 428 g/mol. The molecule has 2 N–H and O–H groups in total. The van der Waals surface area contributed by atoms with E-state index in [2.05, 4.69) is 0 Å². The zero-order valence-electron chi connectivity index (χ0n) is 18.3. The normalized spacial score (nSPS) is 13.3. The number of primary amides is 1. The summed E-state index contributed by atoms with van der Waals surface area (Å²) in [5, 5.41) is 0. The van der Waals surface area contributed by atoms with Crippen LogP contribution in [0.5, 0.6) is 11.5 Å². The third-order valence-corrected chi connectivity index (χ3v) is 5.33. The molecule has 0 fully saturated rings. The molecule has 1 amide bonds. The van der Waals surface area contributed by atoms with Gasteiger partial charge in [-0.25, -0.2) is 0 Å². The van der Waals surface area contributed by atoms with Crippen molar-refractivity contribution in [3.63, 3.8) is 0 Å². The zero-order valence-corrected chi connectivity index (χ0v) is 18.3. The van der Waals surface area contributed by atoms with Crippen LogP contribution in [0.15, 0.2) is 24.3 Å². The topological polar surface area (TPSA) is 110 Å². The van der Waals surface area contributed by atoms with Crippen molar-refractivity contribution in [1.29, 1.82) is 0 Å². The summed E-state index contributed by atoms with van der Waals surface area (Å²) in [6, 6.07) is 7.51. The van der Waals surface area contributed by atoms with Gasteiger partial charge in [-0.3, -0.25) is 14.4 Å². The number of benzene rings is 1. The lowest BCUT2D eigenvalue weighted by Crippen LogP contribution is -2.33. The fourth-order valence-electron chi connectivity index (χ4n) is 3.66. The molecule has 8 nitrogen and oxygen atoms in total. The number of ether oxygens (including phenoxy) is 3. The molecule has 0 saturated heterocycles. The first kappa shape index (κ1) is 22.4. The second kappa shape index (κ2) is 9.24. The summed E-state index contributed by atoms with van der Waals surface area (Å²) in [5.74, 6) is -1.37. The average Bonchev–Trinajstić information content (AvgIpc) is 3.29. The van der Waals surface area contributed by atoms with E-state index in [0.29, 0.717) is 23.6 Å². The Labute approximate surface area is 181 Å². The first-order valence-electron chi connectivity index (χ1n) is 10.2. The number of rotatable bonds is 9. The number of nitrogens with zero attached hydrogens (tertiary/aromatic N) is 1. The molecule has 1 unspecified atom stereocenters. The highest BCUT2D eigenvalue weighted by molar-refractivity contribution is 6.01. The van der Waals surface area contributed by atoms with Crippen molar-refractivity contribution < 1.29 is 28.6 Å². The highest BCUT2D eigenvalue weighted by atomic mass is 16.7. The summed E-state index contributed by atoms with van der Waals surface area (Å²) in [6.07, 6.45) is 0.284. The SMILES string of the molecule is Cc1cc(C(=O)COC(=O)C(CC(C)C)C(N)=O)c(C)n1Cc1ccc2c(c1)OCO2. The zero-order chi connectivity index (χ0) is 22.7. The van der Waals surface area contributed by atoms with E-state index in [-0.39, 0.29) is 24.9 Å². The second-order valence-electron chi connectivity index (χ2n) is 8.17. The predicted molar refractivity (Wildman–Crippen MR) is 113 cm³/mol. The molecule has 2 heterocycles. The number of carbonyl (C=O) groups excluding carboxylic acids is 3. The minimum absolute atomic E-state index is 0.0934. The highest BCUT2D eigenvalue weighted by Crippen LogP contribution is 2.33. The number of Topliss-reactive ketones (excluding diaryl/α,β-unsaturated/α-hetero) is 1. The molecule has 1 aliphatic heterocycles. The Morgan fingerprint density at radius 2 is 1.84 bits per heavy atom. The third kappa shape index (κ3) is 5.07. The number of carbonyl (C=O) groups is 3. The molecule has 1 aromatic heterocycles. The Kier molecular flexibility index (Phi) is 6.68. The molecule has 3 rings (SSSR count). The van der Waals surface area contributed by atoms with Crippen molar-refractivity contribution in [2.75, 3.05) is 13.4 Å². The van der Waals surface area contributed by atoms with E-state index in [1.165, 1.54) is 0 Å². The lowest BCUT2D eigenvalue weighted by molar-refractivity contribution is -0.151. The molecule has 1 aliphatic rings. The van der Waals surface area contributed by atoms with Gasteiger partial charge in [0.05, 0.1) is 0 Å². The van der Waals surface area contributed by atoms with Crippen LogP contribution < -0.4 is 15.2 Å². The molecule has 0 saturated carbocycles. The summed E-state index contributed by atoms with van der Waals surface area (Å²) in [4.78, 5) is 36.5.